The number of piperidine rings is 1. The smallest absolute Gasteiger partial charge is 0.255 e. The maximum absolute atomic E-state index is 13.3. The molecule has 0 bridgehead atoms. The van der Waals surface area contributed by atoms with Gasteiger partial charge in [-0.25, -0.2) is 9.67 Å². The first kappa shape index (κ1) is 21.6. The Morgan fingerprint density at radius 2 is 2.06 bits per heavy atom. The van der Waals surface area contributed by atoms with Crippen molar-refractivity contribution in [3.8, 4) is 5.88 Å². The van der Waals surface area contributed by atoms with E-state index in [9.17, 15) is 4.79 Å². The minimum Gasteiger partial charge on any atom is -0.481 e. The molecule has 1 amide bonds. The van der Waals surface area contributed by atoms with Crippen LogP contribution < -0.4 is 4.74 Å². The molecule has 1 atom stereocenters. The second-order valence-electron chi connectivity index (χ2n) is 7.77. The second kappa shape index (κ2) is 9.67. The Balaban J connectivity index is 1.64. The molecule has 0 aromatic carbocycles. The Labute approximate surface area is 181 Å². The first-order valence-corrected chi connectivity index (χ1v) is 10.6. The Morgan fingerprint density at radius 3 is 2.77 bits per heavy atom. The summed E-state index contributed by atoms with van der Waals surface area (Å²) in [4.78, 5) is 21.8. The normalized spacial score (nSPS) is 22.5. The van der Waals surface area contributed by atoms with Gasteiger partial charge < -0.3 is 19.1 Å². The monoisotopic (exact) mass is 431 g/mol. The molecule has 2 saturated heterocycles. The van der Waals surface area contributed by atoms with Gasteiger partial charge in [-0.3, -0.25) is 9.69 Å². The zero-order chi connectivity index (χ0) is 21.7. The number of carbonyl (C=O) groups is 1. The number of nitrogens with zero attached hydrogens (tertiary/aromatic N) is 7. The number of tetrazole rings is 1. The topological polar surface area (TPSA) is 108 Å². The molecule has 168 valence electrons. The molecule has 2 fully saturated rings. The van der Waals surface area contributed by atoms with Crippen LogP contribution in [0, 0.1) is 0 Å². The van der Waals surface area contributed by atoms with Crippen LogP contribution in [0.5, 0.6) is 5.88 Å². The van der Waals surface area contributed by atoms with Crippen molar-refractivity contribution in [3.05, 3.63) is 29.7 Å². The van der Waals surface area contributed by atoms with Crippen molar-refractivity contribution in [1.29, 1.82) is 0 Å². The number of morpholine rings is 1. The molecule has 4 rings (SSSR count). The fraction of sp³-hybridized carbons (Fsp3) is 0.650. The molecular weight excluding hydrogens is 402 g/mol. The Kier molecular flexibility index (Phi) is 6.73. The van der Waals surface area contributed by atoms with Crippen LogP contribution in [0.4, 0.5) is 0 Å². The van der Waals surface area contributed by atoms with Gasteiger partial charge in [0.15, 0.2) is 5.82 Å². The quantitative estimate of drug-likeness (QED) is 0.607. The number of hydrogen-bond donors (Lipinski definition) is 0. The van der Waals surface area contributed by atoms with Gasteiger partial charge in [-0.05, 0) is 29.3 Å². The number of ether oxygens (including phenoxy) is 3. The van der Waals surface area contributed by atoms with Crippen molar-refractivity contribution in [3.63, 3.8) is 0 Å². The van der Waals surface area contributed by atoms with E-state index in [0.717, 1.165) is 31.8 Å². The molecule has 0 aliphatic carbocycles. The Bertz CT molecular complexity index is 869. The second-order valence-corrected chi connectivity index (χ2v) is 7.77. The van der Waals surface area contributed by atoms with E-state index in [1.54, 1.807) is 32.5 Å². The fourth-order valence-electron chi connectivity index (χ4n) is 4.46. The third-order valence-corrected chi connectivity index (χ3v) is 6.02. The van der Waals surface area contributed by atoms with Gasteiger partial charge in [-0.15, -0.1) is 5.10 Å². The molecule has 4 heterocycles. The Hall–Kier alpha value is -2.63. The molecule has 11 heteroatoms. The summed E-state index contributed by atoms with van der Waals surface area (Å²) in [5.41, 5.74) is 0.0620. The van der Waals surface area contributed by atoms with Crippen molar-refractivity contribution in [2.45, 2.75) is 24.9 Å². The van der Waals surface area contributed by atoms with Gasteiger partial charge in [0, 0.05) is 45.6 Å². The summed E-state index contributed by atoms with van der Waals surface area (Å²) in [6.07, 6.45) is 3.28. The third kappa shape index (κ3) is 4.39. The van der Waals surface area contributed by atoms with Crippen LogP contribution in [0.1, 0.15) is 29.0 Å². The molecule has 2 aliphatic rings. The van der Waals surface area contributed by atoms with E-state index >= 15 is 0 Å². The molecule has 0 N–H and O–H groups in total. The largest absolute Gasteiger partial charge is 0.481 e. The first-order valence-electron chi connectivity index (χ1n) is 10.6. The number of rotatable bonds is 7. The zero-order valence-corrected chi connectivity index (χ0v) is 18.1. The molecule has 1 unspecified atom stereocenters. The molecule has 11 nitrogen and oxygen atoms in total. The number of likely N-dealkylation sites (tertiary alicyclic amines) is 1. The highest BCUT2D eigenvalue weighted by Gasteiger charge is 2.47. The van der Waals surface area contributed by atoms with Crippen LogP contribution >= 0.6 is 0 Å². The number of hydrogen-bond acceptors (Lipinski definition) is 9. The molecule has 0 radical (unpaired) electrons. The molecule has 31 heavy (non-hydrogen) atoms. The van der Waals surface area contributed by atoms with Crippen LogP contribution in [-0.2, 0) is 21.6 Å². The molecule has 0 saturated carbocycles. The maximum Gasteiger partial charge on any atom is 0.255 e. The molecule has 2 aliphatic heterocycles. The first-order chi connectivity index (χ1) is 15.2. The fourth-order valence-corrected chi connectivity index (χ4v) is 4.46. The van der Waals surface area contributed by atoms with E-state index in [0.29, 0.717) is 50.9 Å². The SMILES string of the molecule is COCCn1nnnc1C1(N2CCOCC2)CCCN(C(=O)c2ccc(OC)nc2)C1. The molecule has 2 aromatic heterocycles. The minimum absolute atomic E-state index is 0.0524. The van der Waals surface area contributed by atoms with Gasteiger partial charge in [0.2, 0.25) is 5.88 Å². The van der Waals surface area contributed by atoms with Crippen molar-refractivity contribution < 1.29 is 19.0 Å². The number of methoxy groups -OCH3 is 2. The van der Waals surface area contributed by atoms with Crippen LogP contribution in [0.2, 0.25) is 0 Å². The van der Waals surface area contributed by atoms with Crippen molar-refractivity contribution in [1.82, 2.24) is 35.0 Å². The highest BCUT2D eigenvalue weighted by molar-refractivity contribution is 5.94. The van der Waals surface area contributed by atoms with E-state index in [1.807, 2.05) is 9.58 Å². The molecular formula is C20H29N7O4. The lowest BCUT2D eigenvalue weighted by Gasteiger charge is -2.49. The predicted molar refractivity (Wildman–Crippen MR) is 110 cm³/mol. The van der Waals surface area contributed by atoms with Gasteiger partial charge in [-0.1, -0.05) is 0 Å². The summed E-state index contributed by atoms with van der Waals surface area (Å²) in [6, 6.07) is 3.46. The summed E-state index contributed by atoms with van der Waals surface area (Å²) in [5, 5.41) is 12.6. The summed E-state index contributed by atoms with van der Waals surface area (Å²) in [5.74, 6) is 1.20. The van der Waals surface area contributed by atoms with Crippen molar-refractivity contribution in [2.24, 2.45) is 0 Å². The van der Waals surface area contributed by atoms with Crippen LogP contribution in [0.25, 0.3) is 0 Å². The zero-order valence-electron chi connectivity index (χ0n) is 18.1. The summed E-state index contributed by atoms with van der Waals surface area (Å²) < 4.78 is 17.8. The van der Waals surface area contributed by atoms with Gasteiger partial charge in [-0.2, -0.15) is 0 Å². The maximum atomic E-state index is 13.3. The Morgan fingerprint density at radius 1 is 1.23 bits per heavy atom. The molecule has 2 aromatic rings. The standard InChI is InChI=1S/C20H29N7O4/c1-29-11-10-27-19(22-23-24-27)20(26-8-12-31-13-9-26)6-3-7-25(15-20)18(28)16-4-5-17(30-2)21-14-16/h4-5,14H,3,6-13,15H2,1-2H3. The highest BCUT2D eigenvalue weighted by Crippen LogP contribution is 2.37. The van der Waals surface area contributed by atoms with Gasteiger partial charge in [0.1, 0.15) is 5.54 Å². The highest BCUT2D eigenvalue weighted by atomic mass is 16.5. The lowest BCUT2D eigenvalue weighted by molar-refractivity contribution is -0.0573. The van der Waals surface area contributed by atoms with Gasteiger partial charge in [0.25, 0.3) is 5.91 Å². The van der Waals surface area contributed by atoms with Crippen molar-refractivity contribution >= 4 is 5.91 Å². The van der Waals surface area contributed by atoms with Gasteiger partial charge >= 0.3 is 0 Å². The number of aromatic nitrogens is 5. The molecule has 0 spiro atoms. The summed E-state index contributed by atoms with van der Waals surface area (Å²) in [6.45, 7) is 5.09. The third-order valence-electron chi connectivity index (χ3n) is 6.02. The van der Waals surface area contributed by atoms with Crippen LogP contribution in [0.15, 0.2) is 18.3 Å². The predicted octanol–water partition coefficient (Wildman–Crippen LogP) is 0.187. The number of carbonyl (C=O) groups excluding carboxylic acids is 1. The van der Waals surface area contributed by atoms with Crippen molar-refractivity contribution in [2.75, 3.05) is 60.2 Å². The van der Waals surface area contributed by atoms with E-state index in [1.165, 1.54) is 0 Å². The average molecular weight is 431 g/mol. The number of pyridine rings is 1. The minimum atomic E-state index is -0.477. The average Bonchev–Trinajstić information content (AvgIpc) is 3.32. The summed E-state index contributed by atoms with van der Waals surface area (Å²) in [7, 11) is 3.21. The van der Waals surface area contributed by atoms with Crippen LogP contribution in [-0.4, -0.2) is 101 Å². The lowest BCUT2D eigenvalue weighted by Crippen LogP contribution is -2.61. The van der Waals surface area contributed by atoms with E-state index < -0.39 is 5.54 Å². The summed E-state index contributed by atoms with van der Waals surface area (Å²) >= 11 is 0. The van der Waals surface area contributed by atoms with E-state index in [4.69, 9.17) is 14.2 Å². The lowest BCUT2D eigenvalue weighted by atomic mass is 9.85. The van der Waals surface area contributed by atoms with E-state index in [2.05, 4.69) is 25.4 Å². The number of amides is 1. The van der Waals surface area contributed by atoms with E-state index in [-0.39, 0.29) is 5.91 Å². The van der Waals surface area contributed by atoms with Crippen LogP contribution in [0.3, 0.4) is 0 Å². The van der Waals surface area contributed by atoms with Gasteiger partial charge in [0.05, 0.1) is 39.0 Å².